The van der Waals surface area contributed by atoms with Crippen LogP contribution in [0.4, 0.5) is 0 Å². The Bertz CT molecular complexity index is 534. The summed E-state index contributed by atoms with van der Waals surface area (Å²) in [6, 6.07) is 1.67. The van der Waals surface area contributed by atoms with Crippen LogP contribution in [0.15, 0.2) is 17.1 Å². The van der Waals surface area contributed by atoms with Crippen LogP contribution in [0.5, 0.6) is 5.75 Å². The smallest absolute Gasteiger partial charge is 0.491 e. The molecule has 1 aliphatic heterocycles. The number of nitrogens with zero attached hydrogens (tertiary/aromatic N) is 1. The lowest BCUT2D eigenvalue weighted by molar-refractivity contribution is 0.00578. The van der Waals surface area contributed by atoms with E-state index in [2.05, 4.69) is 0 Å². The van der Waals surface area contributed by atoms with Gasteiger partial charge in [0, 0.05) is 18.7 Å². The van der Waals surface area contributed by atoms with Gasteiger partial charge < -0.3 is 18.6 Å². The molecule has 0 amide bonds. The van der Waals surface area contributed by atoms with Crippen LogP contribution in [0.25, 0.3) is 0 Å². The third-order valence-corrected chi connectivity index (χ3v) is 3.92. The zero-order valence-corrected chi connectivity index (χ0v) is 12.3. The van der Waals surface area contributed by atoms with E-state index in [0.717, 1.165) is 5.46 Å². The lowest BCUT2D eigenvalue weighted by atomic mass is 9.80. The Morgan fingerprint density at radius 1 is 1.21 bits per heavy atom. The van der Waals surface area contributed by atoms with Crippen molar-refractivity contribution >= 4 is 12.6 Å². The molecule has 0 bridgehead atoms. The molecule has 2 heterocycles. The van der Waals surface area contributed by atoms with E-state index in [1.165, 1.54) is 11.7 Å². The summed E-state index contributed by atoms with van der Waals surface area (Å²) in [5, 5.41) is 0. The highest BCUT2D eigenvalue weighted by Gasteiger charge is 2.51. The fourth-order valence-corrected chi connectivity index (χ4v) is 1.96. The Balaban J connectivity index is 2.40. The van der Waals surface area contributed by atoms with Crippen molar-refractivity contribution in [2.24, 2.45) is 7.05 Å². The van der Waals surface area contributed by atoms with Gasteiger partial charge in [-0.1, -0.05) is 0 Å². The molecule has 1 fully saturated rings. The Hall–Kier alpha value is -1.27. The second-order valence-electron chi connectivity index (χ2n) is 5.85. The Morgan fingerprint density at radius 3 is 2.21 bits per heavy atom. The van der Waals surface area contributed by atoms with Gasteiger partial charge in [-0.05, 0) is 33.8 Å². The lowest BCUT2D eigenvalue weighted by Gasteiger charge is -2.32. The molecule has 0 N–H and O–H groups in total. The molecule has 5 nitrogen and oxygen atoms in total. The van der Waals surface area contributed by atoms with Crippen LogP contribution in [0.3, 0.4) is 0 Å². The van der Waals surface area contributed by atoms with Gasteiger partial charge in [-0.15, -0.1) is 0 Å². The molecule has 0 saturated carbocycles. The van der Waals surface area contributed by atoms with E-state index in [9.17, 15) is 4.79 Å². The summed E-state index contributed by atoms with van der Waals surface area (Å²) in [6.45, 7) is 7.97. The summed E-state index contributed by atoms with van der Waals surface area (Å²) in [5.74, 6) is 0.287. The second kappa shape index (κ2) is 4.39. The number of aromatic nitrogens is 1. The summed E-state index contributed by atoms with van der Waals surface area (Å²) in [7, 11) is 2.66. The van der Waals surface area contributed by atoms with Crippen LogP contribution in [0.2, 0.25) is 0 Å². The van der Waals surface area contributed by atoms with Crippen LogP contribution < -0.4 is 15.8 Å². The molecule has 0 spiro atoms. The summed E-state index contributed by atoms with van der Waals surface area (Å²) in [6.07, 6.45) is 1.72. The molecule has 0 radical (unpaired) electrons. The summed E-state index contributed by atoms with van der Waals surface area (Å²) >= 11 is 0. The van der Waals surface area contributed by atoms with Gasteiger partial charge in [-0.2, -0.15) is 0 Å². The maximum absolute atomic E-state index is 11.8. The third-order valence-electron chi connectivity index (χ3n) is 3.92. The maximum atomic E-state index is 11.8. The van der Waals surface area contributed by atoms with E-state index in [1.807, 2.05) is 27.7 Å². The van der Waals surface area contributed by atoms with Gasteiger partial charge in [-0.25, -0.2) is 0 Å². The van der Waals surface area contributed by atoms with E-state index in [0.29, 0.717) is 0 Å². The highest BCUT2D eigenvalue weighted by Crippen LogP contribution is 2.36. The number of rotatable bonds is 2. The normalized spacial score (nSPS) is 20.6. The van der Waals surface area contributed by atoms with Crippen LogP contribution in [-0.4, -0.2) is 30.0 Å². The first kappa shape index (κ1) is 14.2. The summed E-state index contributed by atoms with van der Waals surface area (Å²) < 4.78 is 18.5. The average molecular weight is 265 g/mol. The molecule has 1 aromatic heterocycles. The SMILES string of the molecule is COc1cc(B2OC(C)(C)C(C)(C)O2)cn(C)c1=O. The van der Waals surface area contributed by atoms with E-state index in [-0.39, 0.29) is 11.3 Å². The van der Waals surface area contributed by atoms with Gasteiger partial charge in [0.15, 0.2) is 5.75 Å². The fraction of sp³-hybridized carbons (Fsp3) is 0.615. The van der Waals surface area contributed by atoms with Crippen molar-refractivity contribution in [3.05, 3.63) is 22.6 Å². The molecule has 0 atom stereocenters. The molecule has 104 valence electrons. The first-order valence-electron chi connectivity index (χ1n) is 6.28. The number of hydrogen-bond donors (Lipinski definition) is 0. The Labute approximate surface area is 113 Å². The zero-order chi connectivity index (χ0) is 14.4. The molecule has 0 aliphatic carbocycles. The second-order valence-corrected chi connectivity index (χ2v) is 5.85. The molecule has 0 unspecified atom stereocenters. The standard InChI is InChI=1S/C13H20BNO4/c1-12(2)13(3,4)19-14(18-12)9-7-10(17-6)11(16)15(5)8-9/h7-8H,1-6H3. The molecule has 1 saturated heterocycles. The maximum Gasteiger partial charge on any atom is 0.496 e. The van der Waals surface area contributed by atoms with Crippen molar-refractivity contribution in [2.45, 2.75) is 38.9 Å². The third kappa shape index (κ3) is 2.30. The predicted molar refractivity (Wildman–Crippen MR) is 74.0 cm³/mol. The van der Waals surface area contributed by atoms with Crippen molar-refractivity contribution in [3.8, 4) is 5.75 Å². The lowest BCUT2D eigenvalue weighted by Crippen LogP contribution is -2.41. The monoisotopic (exact) mass is 265 g/mol. The van der Waals surface area contributed by atoms with Crippen molar-refractivity contribution in [1.82, 2.24) is 4.57 Å². The molecule has 19 heavy (non-hydrogen) atoms. The van der Waals surface area contributed by atoms with Crippen molar-refractivity contribution in [3.63, 3.8) is 0 Å². The van der Waals surface area contributed by atoms with Crippen molar-refractivity contribution < 1.29 is 14.0 Å². The van der Waals surface area contributed by atoms with Crippen LogP contribution in [-0.2, 0) is 16.4 Å². The van der Waals surface area contributed by atoms with Crippen molar-refractivity contribution in [2.75, 3.05) is 7.11 Å². The largest absolute Gasteiger partial charge is 0.496 e. The number of ether oxygens (including phenoxy) is 1. The number of methoxy groups -OCH3 is 1. The van der Waals surface area contributed by atoms with E-state index in [1.54, 1.807) is 19.3 Å². The molecule has 0 aromatic carbocycles. The summed E-state index contributed by atoms with van der Waals surface area (Å²) in [5.41, 5.74) is -0.209. The van der Waals surface area contributed by atoms with Gasteiger partial charge in [-0.3, -0.25) is 4.79 Å². The topological polar surface area (TPSA) is 49.7 Å². The number of hydrogen-bond acceptors (Lipinski definition) is 4. The highest BCUT2D eigenvalue weighted by atomic mass is 16.7. The molecular weight excluding hydrogens is 245 g/mol. The quantitative estimate of drug-likeness (QED) is 0.738. The van der Waals surface area contributed by atoms with E-state index in [4.69, 9.17) is 14.0 Å². The van der Waals surface area contributed by atoms with Gasteiger partial charge >= 0.3 is 7.12 Å². The van der Waals surface area contributed by atoms with Crippen LogP contribution in [0, 0.1) is 0 Å². The van der Waals surface area contributed by atoms with E-state index >= 15 is 0 Å². The van der Waals surface area contributed by atoms with Gasteiger partial charge in [0.2, 0.25) is 0 Å². The molecule has 6 heteroatoms. The predicted octanol–water partition coefficient (Wildman–Crippen LogP) is 0.693. The fourth-order valence-electron chi connectivity index (χ4n) is 1.96. The molecule has 1 aromatic rings. The minimum Gasteiger partial charge on any atom is -0.491 e. The minimum atomic E-state index is -0.495. The summed E-state index contributed by atoms with van der Waals surface area (Å²) in [4.78, 5) is 11.8. The van der Waals surface area contributed by atoms with Crippen LogP contribution in [0.1, 0.15) is 27.7 Å². The minimum absolute atomic E-state index is 0.178. The van der Waals surface area contributed by atoms with Gasteiger partial charge in [0.25, 0.3) is 5.56 Å². The molecular formula is C13H20BNO4. The van der Waals surface area contributed by atoms with E-state index < -0.39 is 18.3 Å². The van der Waals surface area contributed by atoms with Crippen LogP contribution >= 0.6 is 0 Å². The first-order chi connectivity index (χ1) is 8.68. The van der Waals surface area contributed by atoms with Gasteiger partial charge in [0.1, 0.15) is 0 Å². The first-order valence-corrected chi connectivity index (χ1v) is 6.28. The Kier molecular flexibility index (Phi) is 3.27. The van der Waals surface area contributed by atoms with Crippen molar-refractivity contribution in [1.29, 1.82) is 0 Å². The average Bonchev–Trinajstić information content (AvgIpc) is 2.52. The molecule has 1 aliphatic rings. The number of pyridine rings is 1. The molecule has 2 rings (SSSR count). The zero-order valence-electron chi connectivity index (χ0n) is 12.3. The number of aryl methyl sites for hydroxylation is 1. The van der Waals surface area contributed by atoms with Gasteiger partial charge in [0.05, 0.1) is 18.3 Å². The Morgan fingerprint density at radius 2 is 1.74 bits per heavy atom. The highest BCUT2D eigenvalue weighted by molar-refractivity contribution is 6.62.